The van der Waals surface area contributed by atoms with E-state index in [1.54, 1.807) is 48.7 Å². The molecule has 2 aromatic rings. The number of aliphatic hydroxyl groups excluding tert-OH is 1. The van der Waals surface area contributed by atoms with Crippen LogP contribution in [0.25, 0.3) is 5.76 Å². The van der Waals surface area contributed by atoms with Crippen molar-refractivity contribution in [1.82, 2.24) is 9.88 Å². The van der Waals surface area contributed by atoms with Gasteiger partial charge in [0.25, 0.3) is 11.7 Å². The number of halogens is 1. The number of hydrogen-bond acceptors (Lipinski definition) is 4. The number of rotatable bonds is 5. The molecule has 27 heavy (non-hydrogen) atoms. The highest BCUT2D eigenvalue weighted by molar-refractivity contribution is 6.46. The van der Waals surface area contributed by atoms with E-state index in [1.165, 1.54) is 4.90 Å². The predicted octanol–water partition coefficient (Wildman–Crippen LogP) is 1.30. The van der Waals surface area contributed by atoms with Crippen molar-refractivity contribution in [2.45, 2.75) is 6.04 Å². The molecule has 1 fully saturated rings. The molecule has 1 aliphatic rings. The predicted molar refractivity (Wildman–Crippen MR) is 102 cm³/mol. The van der Waals surface area contributed by atoms with Crippen LogP contribution in [0.2, 0.25) is 5.02 Å². The molecule has 1 saturated heterocycles. The van der Waals surface area contributed by atoms with Crippen molar-refractivity contribution in [2.24, 2.45) is 0 Å². The van der Waals surface area contributed by atoms with E-state index in [4.69, 9.17) is 11.6 Å². The summed E-state index contributed by atoms with van der Waals surface area (Å²) in [7, 11) is 3.94. The van der Waals surface area contributed by atoms with Crippen molar-refractivity contribution in [3.05, 3.63) is 70.5 Å². The van der Waals surface area contributed by atoms with Crippen LogP contribution in [0.4, 0.5) is 0 Å². The van der Waals surface area contributed by atoms with Crippen molar-refractivity contribution in [3.63, 3.8) is 0 Å². The molecule has 0 aliphatic carbocycles. The molecule has 1 amide bonds. The molecule has 6 nitrogen and oxygen atoms in total. The van der Waals surface area contributed by atoms with Gasteiger partial charge >= 0.3 is 0 Å². The Kier molecular flexibility index (Phi) is 5.58. The number of Topliss-reactive ketones (excluding diaryl/α,β-unsaturated/α-hetero) is 1. The topological polar surface area (TPSA) is 74.9 Å². The molecule has 1 aliphatic heterocycles. The molecule has 140 valence electrons. The van der Waals surface area contributed by atoms with Gasteiger partial charge in [-0.15, -0.1) is 0 Å². The Bertz CT molecular complexity index is 879. The average molecular weight is 387 g/mol. The van der Waals surface area contributed by atoms with E-state index >= 15 is 0 Å². The summed E-state index contributed by atoms with van der Waals surface area (Å²) >= 11 is 5.91. The quantitative estimate of drug-likeness (QED) is 0.461. The number of likely N-dealkylation sites (tertiary alicyclic amines) is 1. The number of nitrogens with zero attached hydrogens (tertiary/aromatic N) is 2. The first-order valence-corrected chi connectivity index (χ1v) is 9.02. The van der Waals surface area contributed by atoms with Crippen LogP contribution in [0.15, 0.2) is 54.2 Å². The minimum atomic E-state index is -0.721. The standard InChI is InChI=1S/C20H20ClN3O3/c1-23(2)11-12-24-17(15-5-3-4-10-22-15)16(19(26)20(24)27)18(25)13-6-8-14(21)9-7-13/h3-10,17,25H,11-12H2,1-2H3/p+1/t17-/m0/s1. The summed E-state index contributed by atoms with van der Waals surface area (Å²) in [5, 5.41) is 11.3. The van der Waals surface area contributed by atoms with Crippen LogP contribution < -0.4 is 4.90 Å². The molecular weight excluding hydrogens is 366 g/mol. The van der Waals surface area contributed by atoms with Gasteiger partial charge < -0.3 is 14.9 Å². The largest absolute Gasteiger partial charge is 0.507 e. The maximum absolute atomic E-state index is 12.8. The number of ketones is 1. The Morgan fingerprint density at radius 3 is 2.48 bits per heavy atom. The summed E-state index contributed by atoms with van der Waals surface area (Å²) < 4.78 is 0. The van der Waals surface area contributed by atoms with Crippen LogP contribution in [0, 0.1) is 0 Å². The molecule has 3 rings (SSSR count). The highest BCUT2D eigenvalue weighted by atomic mass is 35.5. The zero-order chi connectivity index (χ0) is 19.6. The van der Waals surface area contributed by atoms with Crippen LogP contribution >= 0.6 is 11.6 Å². The highest BCUT2D eigenvalue weighted by Crippen LogP contribution is 2.38. The zero-order valence-electron chi connectivity index (χ0n) is 15.1. The molecule has 0 bridgehead atoms. The molecule has 2 heterocycles. The third-order valence-corrected chi connectivity index (χ3v) is 4.73. The highest BCUT2D eigenvalue weighted by Gasteiger charge is 2.46. The summed E-state index contributed by atoms with van der Waals surface area (Å²) in [6.07, 6.45) is 1.61. The lowest BCUT2D eigenvalue weighted by Gasteiger charge is -2.24. The van der Waals surface area contributed by atoms with Crippen LogP contribution in [0.5, 0.6) is 0 Å². The average Bonchev–Trinajstić information content (AvgIpc) is 2.91. The fourth-order valence-electron chi connectivity index (χ4n) is 3.06. The number of quaternary nitrogens is 1. The molecule has 0 radical (unpaired) electrons. The summed E-state index contributed by atoms with van der Waals surface area (Å²) in [5.74, 6) is -1.55. The third-order valence-electron chi connectivity index (χ3n) is 4.48. The maximum Gasteiger partial charge on any atom is 0.295 e. The fraction of sp³-hybridized carbons (Fsp3) is 0.250. The number of pyridine rings is 1. The number of carbonyl (C=O) groups excluding carboxylic acids is 2. The van der Waals surface area contributed by atoms with Gasteiger partial charge in [-0.05, 0) is 36.4 Å². The van der Waals surface area contributed by atoms with Crippen molar-refractivity contribution >= 4 is 29.1 Å². The van der Waals surface area contributed by atoms with Gasteiger partial charge in [-0.3, -0.25) is 14.6 Å². The van der Waals surface area contributed by atoms with Gasteiger partial charge in [0.15, 0.2) is 0 Å². The first-order chi connectivity index (χ1) is 12.9. The Balaban J connectivity index is 2.12. The molecule has 0 spiro atoms. The van der Waals surface area contributed by atoms with Crippen LogP contribution in [0.1, 0.15) is 17.3 Å². The lowest BCUT2D eigenvalue weighted by atomic mass is 9.98. The number of carbonyl (C=O) groups is 2. The number of nitrogens with one attached hydrogen (secondary N) is 1. The molecule has 0 unspecified atom stereocenters. The molecule has 1 atom stereocenters. The van der Waals surface area contributed by atoms with Gasteiger partial charge in [0.1, 0.15) is 11.8 Å². The van der Waals surface area contributed by atoms with Gasteiger partial charge in [0.2, 0.25) is 0 Å². The van der Waals surface area contributed by atoms with E-state index in [2.05, 4.69) is 4.98 Å². The Labute approximate surface area is 162 Å². The second-order valence-corrected chi connectivity index (χ2v) is 7.15. The summed E-state index contributed by atoms with van der Waals surface area (Å²) in [5.41, 5.74) is 1.02. The first kappa shape index (κ1) is 19.1. The SMILES string of the molecule is C[NH+](C)CCN1C(=O)C(=O)C(=C(O)c2ccc(Cl)cc2)[C@@H]1c1ccccn1. The molecule has 1 aromatic carbocycles. The van der Waals surface area contributed by atoms with Crippen LogP contribution in [-0.2, 0) is 9.59 Å². The van der Waals surface area contributed by atoms with Gasteiger partial charge in [-0.1, -0.05) is 17.7 Å². The monoisotopic (exact) mass is 386 g/mol. The Morgan fingerprint density at radius 2 is 1.89 bits per heavy atom. The maximum atomic E-state index is 12.8. The van der Waals surface area contributed by atoms with E-state index in [-0.39, 0.29) is 11.3 Å². The van der Waals surface area contributed by atoms with E-state index in [0.717, 1.165) is 4.90 Å². The van der Waals surface area contributed by atoms with Gasteiger partial charge in [-0.2, -0.15) is 0 Å². The lowest BCUT2D eigenvalue weighted by Crippen LogP contribution is -3.06. The molecule has 0 saturated carbocycles. The zero-order valence-corrected chi connectivity index (χ0v) is 15.9. The van der Waals surface area contributed by atoms with E-state index in [9.17, 15) is 14.7 Å². The van der Waals surface area contributed by atoms with E-state index in [1.807, 2.05) is 14.1 Å². The first-order valence-electron chi connectivity index (χ1n) is 8.64. The smallest absolute Gasteiger partial charge is 0.295 e. The van der Waals surface area contributed by atoms with Gasteiger partial charge in [-0.25, -0.2) is 0 Å². The number of aliphatic hydroxyl groups is 1. The summed E-state index contributed by atoms with van der Waals surface area (Å²) in [4.78, 5) is 32.4. The van der Waals surface area contributed by atoms with Gasteiger partial charge in [0.05, 0.1) is 38.5 Å². The fourth-order valence-corrected chi connectivity index (χ4v) is 3.19. The van der Waals surface area contributed by atoms with E-state index in [0.29, 0.717) is 29.4 Å². The van der Waals surface area contributed by atoms with Crippen molar-refractivity contribution in [1.29, 1.82) is 0 Å². The molecule has 1 aromatic heterocycles. The number of hydrogen-bond donors (Lipinski definition) is 2. The number of aromatic nitrogens is 1. The molecular formula is C20H21ClN3O3+. The molecule has 7 heteroatoms. The minimum Gasteiger partial charge on any atom is -0.507 e. The number of benzene rings is 1. The second kappa shape index (κ2) is 7.90. The van der Waals surface area contributed by atoms with Crippen LogP contribution in [-0.4, -0.2) is 53.9 Å². The Morgan fingerprint density at radius 1 is 1.19 bits per heavy atom. The second-order valence-electron chi connectivity index (χ2n) is 6.71. The third kappa shape index (κ3) is 3.86. The number of likely N-dealkylation sites (N-methyl/N-ethyl adjacent to an activating group) is 1. The summed E-state index contributed by atoms with van der Waals surface area (Å²) in [6, 6.07) is 11.1. The van der Waals surface area contributed by atoms with Crippen molar-refractivity contribution in [2.75, 3.05) is 27.2 Å². The summed E-state index contributed by atoms with van der Waals surface area (Å²) in [6.45, 7) is 1.04. The van der Waals surface area contributed by atoms with Crippen molar-refractivity contribution in [3.8, 4) is 0 Å². The van der Waals surface area contributed by atoms with E-state index < -0.39 is 17.7 Å². The molecule has 2 N–H and O–H groups in total. The number of amides is 1. The minimum absolute atomic E-state index is 0.0507. The normalized spacial score (nSPS) is 19.1. The lowest BCUT2D eigenvalue weighted by molar-refractivity contribution is -0.857. The Hall–Kier alpha value is -2.70. The van der Waals surface area contributed by atoms with Gasteiger partial charge in [0, 0.05) is 16.8 Å². The van der Waals surface area contributed by atoms with Crippen LogP contribution in [0.3, 0.4) is 0 Å². The van der Waals surface area contributed by atoms with Crippen molar-refractivity contribution < 1.29 is 19.6 Å².